The molecule has 0 aliphatic carbocycles. The molecule has 0 bridgehead atoms. The van der Waals surface area contributed by atoms with Crippen molar-refractivity contribution in [3.8, 4) is 0 Å². The van der Waals surface area contributed by atoms with Gasteiger partial charge in [0.15, 0.2) is 0 Å². The molecule has 1 heterocycles. The van der Waals surface area contributed by atoms with Gasteiger partial charge in [0.25, 0.3) is 5.56 Å². The Labute approximate surface area is 75.4 Å². The van der Waals surface area contributed by atoms with Crippen molar-refractivity contribution in [3.05, 3.63) is 32.6 Å². The van der Waals surface area contributed by atoms with Gasteiger partial charge in [-0.2, -0.15) is 0 Å². The topological polar surface area (TPSA) is 69.0 Å². The summed E-state index contributed by atoms with van der Waals surface area (Å²) in [5, 5.41) is 0. The number of nitrogens with one attached hydrogen (secondary N) is 2. The van der Waals surface area contributed by atoms with E-state index >= 15 is 0 Å². The van der Waals surface area contributed by atoms with Crippen molar-refractivity contribution < 1.29 is 0 Å². The molecule has 0 saturated heterocycles. The quantitative estimate of drug-likeness (QED) is 0.664. The molecule has 72 valence electrons. The number of aromatic amines is 2. The van der Waals surface area contributed by atoms with Gasteiger partial charge in [0.1, 0.15) is 0 Å². The first-order valence-electron chi connectivity index (χ1n) is 4.13. The van der Waals surface area contributed by atoms with Crippen LogP contribution in [0.1, 0.15) is 12.5 Å². The second kappa shape index (κ2) is 4.04. The smallest absolute Gasteiger partial charge is 0.314 e. The Bertz CT molecular complexity index is 379. The van der Waals surface area contributed by atoms with Crippen LogP contribution in [-0.4, -0.2) is 28.5 Å². The van der Waals surface area contributed by atoms with Gasteiger partial charge in [0.2, 0.25) is 0 Å². The number of hydrogen-bond acceptors (Lipinski definition) is 3. The maximum absolute atomic E-state index is 11.2. The molecular formula is C8H13N3O2. The molecule has 5 nitrogen and oxygen atoms in total. The highest BCUT2D eigenvalue weighted by molar-refractivity contribution is 5.02. The van der Waals surface area contributed by atoms with Gasteiger partial charge in [-0.05, 0) is 13.6 Å². The fraction of sp³-hybridized carbons (Fsp3) is 0.500. The van der Waals surface area contributed by atoms with Crippen molar-refractivity contribution in [2.24, 2.45) is 0 Å². The van der Waals surface area contributed by atoms with E-state index in [0.29, 0.717) is 12.1 Å². The van der Waals surface area contributed by atoms with Crippen LogP contribution >= 0.6 is 0 Å². The highest BCUT2D eigenvalue weighted by Crippen LogP contribution is 1.91. The lowest BCUT2D eigenvalue weighted by Gasteiger charge is -2.11. The molecule has 0 atom stereocenters. The predicted molar refractivity (Wildman–Crippen MR) is 49.7 cm³/mol. The number of nitrogens with zero attached hydrogens (tertiary/aromatic N) is 1. The third-order valence-corrected chi connectivity index (χ3v) is 1.88. The van der Waals surface area contributed by atoms with Crippen LogP contribution in [-0.2, 0) is 6.54 Å². The number of rotatable bonds is 3. The fourth-order valence-corrected chi connectivity index (χ4v) is 0.958. The van der Waals surface area contributed by atoms with E-state index in [0.717, 1.165) is 6.54 Å². The molecule has 2 N–H and O–H groups in total. The summed E-state index contributed by atoms with van der Waals surface area (Å²) >= 11 is 0. The van der Waals surface area contributed by atoms with Crippen molar-refractivity contribution in [1.29, 1.82) is 0 Å². The average Bonchev–Trinajstić information content (AvgIpc) is 2.09. The Morgan fingerprint density at radius 3 is 2.69 bits per heavy atom. The number of H-pyrrole nitrogens is 2. The lowest BCUT2D eigenvalue weighted by molar-refractivity contribution is 0.343. The van der Waals surface area contributed by atoms with Crippen molar-refractivity contribution in [2.45, 2.75) is 13.5 Å². The molecule has 0 aromatic carbocycles. The molecule has 0 aliphatic rings. The van der Waals surface area contributed by atoms with Crippen LogP contribution in [0.25, 0.3) is 0 Å². The van der Waals surface area contributed by atoms with Crippen molar-refractivity contribution >= 4 is 0 Å². The zero-order chi connectivity index (χ0) is 9.84. The van der Waals surface area contributed by atoms with E-state index in [4.69, 9.17) is 0 Å². The highest BCUT2D eigenvalue weighted by atomic mass is 16.2. The monoisotopic (exact) mass is 183 g/mol. The number of aromatic nitrogens is 2. The lowest BCUT2D eigenvalue weighted by Crippen LogP contribution is -2.28. The Morgan fingerprint density at radius 2 is 2.15 bits per heavy atom. The number of hydrogen-bond donors (Lipinski definition) is 2. The minimum atomic E-state index is -0.465. The molecule has 0 amide bonds. The van der Waals surface area contributed by atoms with Gasteiger partial charge in [-0.15, -0.1) is 0 Å². The maximum Gasteiger partial charge on any atom is 0.325 e. The summed E-state index contributed by atoms with van der Waals surface area (Å²) in [7, 11) is 1.91. The highest BCUT2D eigenvalue weighted by Gasteiger charge is 2.02. The van der Waals surface area contributed by atoms with E-state index in [-0.39, 0.29) is 5.56 Å². The van der Waals surface area contributed by atoms with E-state index in [2.05, 4.69) is 9.97 Å². The Balaban J connectivity index is 2.90. The van der Waals surface area contributed by atoms with E-state index in [1.54, 1.807) is 0 Å². The Kier molecular flexibility index (Phi) is 3.02. The van der Waals surface area contributed by atoms with Crippen LogP contribution < -0.4 is 11.2 Å². The molecular weight excluding hydrogens is 170 g/mol. The normalized spacial score (nSPS) is 10.7. The van der Waals surface area contributed by atoms with Crippen molar-refractivity contribution in [1.82, 2.24) is 14.9 Å². The lowest BCUT2D eigenvalue weighted by atomic mass is 10.3. The van der Waals surface area contributed by atoms with E-state index in [1.807, 2.05) is 18.9 Å². The first kappa shape index (κ1) is 9.73. The summed E-state index contributed by atoms with van der Waals surface area (Å²) < 4.78 is 0. The first-order chi connectivity index (χ1) is 6.13. The molecule has 0 saturated carbocycles. The summed E-state index contributed by atoms with van der Waals surface area (Å²) in [6, 6.07) is 0. The van der Waals surface area contributed by atoms with Crippen LogP contribution in [0.5, 0.6) is 0 Å². The largest absolute Gasteiger partial charge is 0.325 e. The SMILES string of the molecule is CCN(C)Cc1c[nH]c(=O)[nH]c1=O. The molecule has 1 rings (SSSR count). The van der Waals surface area contributed by atoms with Crippen LogP contribution in [0.4, 0.5) is 0 Å². The van der Waals surface area contributed by atoms with Gasteiger partial charge in [0, 0.05) is 18.3 Å². The van der Waals surface area contributed by atoms with Crippen LogP contribution in [0, 0.1) is 0 Å². The minimum absolute atomic E-state index is 0.316. The predicted octanol–water partition coefficient (Wildman–Crippen LogP) is -0.485. The third kappa shape index (κ3) is 2.55. The molecule has 1 aromatic heterocycles. The molecule has 0 aliphatic heterocycles. The molecule has 1 aromatic rings. The van der Waals surface area contributed by atoms with E-state index in [1.165, 1.54) is 6.20 Å². The van der Waals surface area contributed by atoms with Gasteiger partial charge in [-0.25, -0.2) is 4.79 Å². The van der Waals surface area contributed by atoms with Crippen LogP contribution in [0.3, 0.4) is 0 Å². The summed E-state index contributed by atoms with van der Waals surface area (Å²) in [6.07, 6.45) is 1.45. The van der Waals surface area contributed by atoms with Gasteiger partial charge >= 0.3 is 5.69 Å². The molecule has 0 radical (unpaired) electrons. The Morgan fingerprint density at radius 1 is 1.46 bits per heavy atom. The first-order valence-corrected chi connectivity index (χ1v) is 4.13. The second-order valence-corrected chi connectivity index (χ2v) is 2.93. The summed E-state index contributed by atoms with van der Waals surface area (Å²) in [6.45, 7) is 3.40. The summed E-state index contributed by atoms with van der Waals surface area (Å²) in [4.78, 5) is 28.4. The molecule has 0 spiro atoms. The molecule has 13 heavy (non-hydrogen) atoms. The fourth-order valence-electron chi connectivity index (χ4n) is 0.958. The zero-order valence-electron chi connectivity index (χ0n) is 7.76. The Hall–Kier alpha value is -1.36. The van der Waals surface area contributed by atoms with Crippen molar-refractivity contribution in [3.63, 3.8) is 0 Å². The minimum Gasteiger partial charge on any atom is -0.314 e. The summed E-state index contributed by atoms with van der Waals surface area (Å²) in [5.41, 5.74) is -0.207. The average molecular weight is 183 g/mol. The van der Waals surface area contributed by atoms with Gasteiger partial charge in [-0.3, -0.25) is 9.78 Å². The zero-order valence-corrected chi connectivity index (χ0v) is 7.76. The van der Waals surface area contributed by atoms with E-state index < -0.39 is 5.69 Å². The van der Waals surface area contributed by atoms with Crippen LogP contribution in [0.2, 0.25) is 0 Å². The maximum atomic E-state index is 11.2. The third-order valence-electron chi connectivity index (χ3n) is 1.88. The van der Waals surface area contributed by atoms with Gasteiger partial charge in [-0.1, -0.05) is 6.92 Å². The standard InChI is InChI=1S/C8H13N3O2/c1-3-11(2)5-6-4-9-8(13)10-7(6)12/h4H,3,5H2,1-2H3,(H2,9,10,12,13). The molecule has 0 fully saturated rings. The molecule has 5 heteroatoms. The molecule has 0 unspecified atom stereocenters. The van der Waals surface area contributed by atoms with Crippen molar-refractivity contribution in [2.75, 3.05) is 13.6 Å². The van der Waals surface area contributed by atoms with E-state index in [9.17, 15) is 9.59 Å². The van der Waals surface area contributed by atoms with Gasteiger partial charge < -0.3 is 9.88 Å². The summed E-state index contributed by atoms with van der Waals surface area (Å²) in [5.74, 6) is 0. The second-order valence-electron chi connectivity index (χ2n) is 2.93. The van der Waals surface area contributed by atoms with Crippen LogP contribution in [0.15, 0.2) is 15.8 Å². The van der Waals surface area contributed by atoms with Gasteiger partial charge in [0.05, 0.1) is 0 Å².